The lowest BCUT2D eigenvalue weighted by atomic mass is 9.99. The molecule has 94 valence electrons. The summed E-state index contributed by atoms with van der Waals surface area (Å²) in [7, 11) is 0. The number of hydrogen-bond donors (Lipinski definition) is 1. The lowest BCUT2D eigenvalue weighted by Gasteiger charge is -2.36. The van der Waals surface area contributed by atoms with Crippen LogP contribution in [0.5, 0.6) is 0 Å². The highest BCUT2D eigenvalue weighted by Crippen LogP contribution is 2.15. The fraction of sp³-hybridized carbons (Fsp3) is 0.692. The van der Waals surface area contributed by atoms with Crippen molar-refractivity contribution < 1.29 is 9.59 Å². The Hall–Kier alpha value is -1.50. The van der Waals surface area contributed by atoms with Crippen molar-refractivity contribution in [3.8, 4) is 12.3 Å². The first-order valence-electron chi connectivity index (χ1n) is 6.05. The van der Waals surface area contributed by atoms with Crippen molar-refractivity contribution in [2.24, 2.45) is 5.92 Å². The zero-order chi connectivity index (χ0) is 13.0. The van der Waals surface area contributed by atoms with Gasteiger partial charge < -0.3 is 10.2 Å². The molecule has 0 aromatic carbocycles. The highest BCUT2D eigenvalue weighted by atomic mass is 16.2. The second kappa shape index (κ2) is 5.72. The van der Waals surface area contributed by atoms with Crippen LogP contribution in [0.2, 0.25) is 0 Å². The van der Waals surface area contributed by atoms with Crippen molar-refractivity contribution in [1.82, 2.24) is 10.2 Å². The van der Waals surface area contributed by atoms with E-state index in [1.54, 1.807) is 0 Å². The van der Waals surface area contributed by atoms with Gasteiger partial charge in [-0.2, -0.15) is 0 Å². The minimum absolute atomic E-state index is 0.0527. The van der Waals surface area contributed by atoms with Gasteiger partial charge in [-0.1, -0.05) is 26.7 Å². The van der Waals surface area contributed by atoms with Gasteiger partial charge >= 0.3 is 0 Å². The molecule has 1 heterocycles. The molecule has 1 saturated heterocycles. The molecule has 2 atom stereocenters. The fourth-order valence-electron chi connectivity index (χ4n) is 2.06. The summed E-state index contributed by atoms with van der Waals surface area (Å²) in [5.41, 5.74) is 0. The van der Waals surface area contributed by atoms with Crippen LogP contribution in [-0.4, -0.2) is 35.3 Å². The highest BCUT2D eigenvalue weighted by Gasteiger charge is 2.35. The maximum atomic E-state index is 12.2. The van der Waals surface area contributed by atoms with E-state index < -0.39 is 6.04 Å². The summed E-state index contributed by atoms with van der Waals surface area (Å²) in [6, 6.07) is -0.693. The van der Waals surface area contributed by atoms with Gasteiger partial charge in [0.1, 0.15) is 12.6 Å². The Bertz CT molecular complexity index is 344. The molecule has 1 aliphatic rings. The summed E-state index contributed by atoms with van der Waals surface area (Å²) in [4.78, 5) is 25.3. The molecule has 0 bridgehead atoms. The molecule has 0 spiro atoms. The Morgan fingerprint density at radius 3 is 2.65 bits per heavy atom. The third-order valence-corrected chi connectivity index (χ3v) is 2.89. The van der Waals surface area contributed by atoms with Crippen LogP contribution >= 0.6 is 0 Å². The summed E-state index contributed by atoms with van der Waals surface area (Å²) in [5.74, 6) is 2.75. The van der Waals surface area contributed by atoms with E-state index in [2.05, 4.69) is 11.2 Å². The van der Waals surface area contributed by atoms with Crippen LogP contribution in [0.4, 0.5) is 0 Å². The summed E-state index contributed by atoms with van der Waals surface area (Å²) in [5, 5.41) is 2.73. The molecule has 4 nitrogen and oxygen atoms in total. The molecule has 1 fully saturated rings. The van der Waals surface area contributed by atoms with Gasteiger partial charge in [0.25, 0.3) is 0 Å². The predicted octanol–water partition coefficient (Wildman–Crippen LogP) is 0.771. The first-order chi connectivity index (χ1) is 7.99. The van der Waals surface area contributed by atoms with Crippen LogP contribution in [0.15, 0.2) is 0 Å². The van der Waals surface area contributed by atoms with E-state index in [1.165, 1.54) is 4.90 Å². The first kappa shape index (κ1) is 13.6. The standard InChI is InChI=1S/C13H20N2O2/c1-5-10(6-2)15-8-12(16)14-11(13(15)17)7-9(3)4/h1,9-11H,6-8H2,2-4H3,(H,14,16). The number of amides is 2. The molecule has 2 amide bonds. The SMILES string of the molecule is C#CC(CC)N1CC(=O)NC(CC(C)C)C1=O. The number of carbonyl (C=O) groups is 2. The van der Waals surface area contributed by atoms with Gasteiger partial charge in [-0.25, -0.2) is 0 Å². The van der Waals surface area contributed by atoms with E-state index in [1.807, 2.05) is 20.8 Å². The molecule has 17 heavy (non-hydrogen) atoms. The van der Waals surface area contributed by atoms with Gasteiger partial charge in [0.15, 0.2) is 0 Å². The maximum absolute atomic E-state index is 12.2. The van der Waals surface area contributed by atoms with E-state index >= 15 is 0 Å². The average molecular weight is 236 g/mol. The molecule has 0 saturated carbocycles. The Labute approximate surface area is 103 Å². The number of rotatable bonds is 4. The maximum Gasteiger partial charge on any atom is 0.246 e. The van der Waals surface area contributed by atoms with Crippen LogP contribution in [0.25, 0.3) is 0 Å². The zero-order valence-electron chi connectivity index (χ0n) is 10.7. The van der Waals surface area contributed by atoms with E-state index in [-0.39, 0.29) is 24.4 Å². The average Bonchev–Trinajstić information content (AvgIpc) is 2.25. The predicted molar refractivity (Wildman–Crippen MR) is 66.0 cm³/mol. The van der Waals surface area contributed by atoms with Gasteiger partial charge in [0, 0.05) is 0 Å². The number of hydrogen-bond acceptors (Lipinski definition) is 2. The van der Waals surface area contributed by atoms with Gasteiger partial charge in [-0.05, 0) is 18.8 Å². The van der Waals surface area contributed by atoms with Crippen LogP contribution in [0, 0.1) is 18.3 Å². The number of piperazine rings is 1. The van der Waals surface area contributed by atoms with Crippen molar-refractivity contribution in [2.75, 3.05) is 6.54 Å². The van der Waals surface area contributed by atoms with Crippen LogP contribution in [-0.2, 0) is 9.59 Å². The topological polar surface area (TPSA) is 49.4 Å². The monoisotopic (exact) mass is 236 g/mol. The minimum Gasteiger partial charge on any atom is -0.343 e. The molecule has 0 aromatic heterocycles. The van der Waals surface area contributed by atoms with Gasteiger partial charge in [-0.3, -0.25) is 9.59 Å². The molecule has 0 aliphatic carbocycles. The zero-order valence-corrected chi connectivity index (χ0v) is 10.7. The molecule has 0 radical (unpaired) electrons. The molecular formula is C13H20N2O2. The van der Waals surface area contributed by atoms with Crippen LogP contribution in [0.3, 0.4) is 0 Å². The summed E-state index contributed by atoms with van der Waals surface area (Å²) < 4.78 is 0. The summed E-state index contributed by atoms with van der Waals surface area (Å²) in [6.45, 7) is 6.05. The van der Waals surface area contributed by atoms with Crippen molar-refractivity contribution in [1.29, 1.82) is 0 Å². The second-order valence-corrected chi connectivity index (χ2v) is 4.81. The molecule has 0 aromatic rings. The van der Waals surface area contributed by atoms with E-state index in [0.717, 1.165) is 0 Å². The third-order valence-electron chi connectivity index (χ3n) is 2.89. The fourth-order valence-corrected chi connectivity index (χ4v) is 2.06. The van der Waals surface area contributed by atoms with Crippen LogP contribution in [0.1, 0.15) is 33.6 Å². The lowest BCUT2D eigenvalue weighted by Crippen LogP contribution is -2.60. The van der Waals surface area contributed by atoms with Crippen molar-refractivity contribution in [3.05, 3.63) is 0 Å². The number of nitrogens with zero attached hydrogens (tertiary/aromatic N) is 1. The number of nitrogens with one attached hydrogen (secondary N) is 1. The Balaban J connectivity index is 2.82. The Morgan fingerprint density at radius 1 is 1.53 bits per heavy atom. The highest BCUT2D eigenvalue weighted by molar-refractivity contribution is 5.95. The van der Waals surface area contributed by atoms with E-state index in [0.29, 0.717) is 18.8 Å². The van der Waals surface area contributed by atoms with Gasteiger partial charge in [0.05, 0.1) is 6.04 Å². The third kappa shape index (κ3) is 3.23. The normalized spacial score (nSPS) is 22.3. The smallest absolute Gasteiger partial charge is 0.246 e. The quantitative estimate of drug-likeness (QED) is 0.733. The Kier molecular flexibility index (Phi) is 4.56. The summed E-state index contributed by atoms with van der Waals surface area (Å²) in [6.07, 6.45) is 6.72. The Morgan fingerprint density at radius 2 is 2.18 bits per heavy atom. The first-order valence-corrected chi connectivity index (χ1v) is 6.05. The van der Waals surface area contributed by atoms with Gasteiger partial charge in [-0.15, -0.1) is 6.42 Å². The van der Waals surface area contributed by atoms with Crippen molar-refractivity contribution >= 4 is 11.8 Å². The summed E-state index contributed by atoms with van der Waals surface area (Å²) >= 11 is 0. The molecule has 1 N–H and O–H groups in total. The number of terminal acetylenes is 1. The molecule has 1 rings (SSSR count). The molecule has 4 heteroatoms. The minimum atomic E-state index is -0.418. The largest absolute Gasteiger partial charge is 0.343 e. The lowest BCUT2D eigenvalue weighted by molar-refractivity contribution is -0.146. The second-order valence-electron chi connectivity index (χ2n) is 4.81. The molecular weight excluding hydrogens is 216 g/mol. The van der Waals surface area contributed by atoms with Crippen molar-refractivity contribution in [2.45, 2.75) is 45.7 Å². The van der Waals surface area contributed by atoms with Crippen LogP contribution < -0.4 is 5.32 Å². The van der Waals surface area contributed by atoms with E-state index in [4.69, 9.17) is 6.42 Å². The van der Waals surface area contributed by atoms with E-state index in [9.17, 15) is 9.59 Å². The number of carbonyl (C=O) groups excluding carboxylic acids is 2. The van der Waals surface area contributed by atoms with Crippen molar-refractivity contribution in [3.63, 3.8) is 0 Å². The molecule has 1 aliphatic heterocycles. The molecule has 2 unspecified atom stereocenters. The van der Waals surface area contributed by atoms with Gasteiger partial charge in [0.2, 0.25) is 11.8 Å².